The number of nitrogens with zero attached hydrogens (tertiary/aromatic N) is 2. The number of H-pyrrole nitrogens is 2. The molecule has 0 spiro atoms. The zero-order chi connectivity index (χ0) is 14.6. The molecular formula is C16H19N5. The Bertz CT molecular complexity index is 822. The molecule has 5 heteroatoms. The van der Waals surface area contributed by atoms with Crippen molar-refractivity contribution in [3.8, 4) is 11.5 Å². The Labute approximate surface area is 123 Å². The first-order valence-electron chi connectivity index (χ1n) is 7.37. The number of nitrogens with one attached hydrogen (secondary N) is 2. The lowest BCUT2D eigenvalue weighted by atomic mass is 9.77. The first-order chi connectivity index (χ1) is 10.0. The Balaban J connectivity index is 1.78. The lowest BCUT2D eigenvalue weighted by Gasteiger charge is -2.35. The van der Waals surface area contributed by atoms with Crippen molar-refractivity contribution in [2.24, 2.45) is 5.73 Å². The first kappa shape index (κ1) is 12.6. The van der Waals surface area contributed by atoms with Crippen molar-refractivity contribution in [3.05, 3.63) is 35.3 Å². The Hall–Kier alpha value is -2.14. The number of rotatable bonds is 2. The van der Waals surface area contributed by atoms with Crippen LogP contribution in [0.4, 0.5) is 0 Å². The number of fused-ring (bicyclic) bond motifs is 1. The second-order valence-electron chi connectivity index (χ2n) is 6.22. The molecule has 0 saturated heterocycles. The van der Waals surface area contributed by atoms with E-state index in [9.17, 15) is 0 Å². The molecule has 0 aliphatic heterocycles. The van der Waals surface area contributed by atoms with Crippen molar-refractivity contribution in [2.75, 3.05) is 0 Å². The predicted molar refractivity (Wildman–Crippen MR) is 82.9 cm³/mol. The Morgan fingerprint density at radius 3 is 2.71 bits per heavy atom. The van der Waals surface area contributed by atoms with Crippen LogP contribution in [0.3, 0.4) is 0 Å². The quantitative estimate of drug-likeness (QED) is 0.675. The fraction of sp³-hybridized carbons (Fsp3) is 0.375. The van der Waals surface area contributed by atoms with Gasteiger partial charge in [-0.15, -0.1) is 0 Å². The van der Waals surface area contributed by atoms with Crippen LogP contribution in [-0.2, 0) is 5.54 Å². The van der Waals surface area contributed by atoms with Gasteiger partial charge in [0.1, 0.15) is 11.5 Å². The molecule has 0 bridgehead atoms. The molecule has 0 radical (unpaired) electrons. The summed E-state index contributed by atoms with van der Waals surface area (Å²) in [7, 11) is 0. The number of aromatic amines is 2. The van der Waals surface area contributed by atoms with E-state index in [1.807, 2.05) is 6.20 Å². The summed E-state index contributed by atoms with van der Waals surface area (Å²) in [6.45, 7) is 4.18. The topological polar surface area (TPSA) is 83.4 Å². The van der Waals surface area contributed by atoms with Crippen molar-refractivity contribution >= 4 is 11.0 Å². The third-order valence-electron chi connectivity index (χ3n) is 4.47. The van der Waals surface area contributed by atoms with Gasteiger partial charge in [0.05, 0.1) is 22.8 Å². The summed E-state index contributed by atoms with van der Waals surface area (Å²) in [5.74, 6) is 1.69. The predicted octanol–water partition coefficient (Wildman–Crippen LogP) is 2.91. The molecule has 21 heavy (non-hydrogen) atoms. The zero-order valence-corrected chi connectivity index (χ0v) is 12.3. The molecule has 1 saturated carbocycles. The van der Waals surface area contributed by atoms with E-state index in [1.165, 1.54) is 17.5 Å². The number of aromatic nitrogens is 4. The lowest BCUT2D eigenvalue weighted by Crippen LogP contribution is -2.44. The third-order valence-corrected chi connectivity index (χ3v) is 4.47. The summed E-state index contributed by atoms with van der Waals surface area (Å²) in [4.78, 5) is 15.9. The zero-order valence-electron chi connectivity index (χ0n) is 12.3. The van der Waals surface area contributed by atoms with Crippen molar-refractivity contribution in [1.82, 2.24) is 19.9 Å². The number of nitrogens with two attached hydrogens (primary N) is 1. The Kier molecular flexibility index (Phi) is 2.50. The van der Waals surface area contributed by atoms with Crippen molar-refractivity contribution in [2.45, 2.75) is 38.6 Å². The SMILES string of the molecule is Cc1cc(C)c2nc(-c3cnc(C4(N)CCC4)[nH]3)[nH]c2c1. The summed E-state index contributed by atoms with van der Waals surface area (Å²) in [6.07, 6.45) is 4.99. The third kappa shape index (κ3) is 1.88. The van der Waals surface area contributed by atoms with Crippen LogP contribution in [-0.4, -0.2) is 19.9 Å². The smallest absolute Gasteiger partial charge is 0.156 e. The standard InChI is InChI=1S/C16H19N5/c1-9-6-10(2)13-11(7-9)19-14(21-13)12-8-18-15(20-12)16(17)4-3-5-16/h6-8H,3-5,17H2,1-2H3,(H,18,20)(H,19,21). The molecule has 3 aromatic rings. The molecule has 0 unspecified atom stereocenters. The summed E-state index contributed by atoms with van der Waals surface area (Å²) in [6, 6.07) is 4.26. The van der Waals surface area contributed by atoms with Crippen LogP contribution in [0.5, 0.6) is 0 Å². The molecule has 0 atom stereocenters. The van der Waals surface area contributed by atoms with Gasteiger partial charge in [0.25, 0.3) is 0 Å². The fourth-order valence-electron chi connectivity index (χ4n) is 3.09. The van der Waals surface area contributed by atoms with Gasteiger partial charge in [-0.3, -0.25) is 0 Å². The van der Waals surface area contributed by atoms with Gasteiger partial charge in [0, 0.05) is 0 Å². The summed E-state index contributed by atoms with van der Waals surface area (Å²) >= 11 is 0. The molecule has 1 aromatic carbocycles. The molecule has 1 aliphatic carbocycles. The maximum absolute atomic E-state index is 6.31. The summed E-state index contributed by atoms with van der Waals surface area (Å²) in [5.41, 5.74) is 11.4. The summed E-state index contributed by atoms with van der Waals surface area (Å²) < 4.78 is 0. The van der Waals surface area contributed by atoms with E-state index in [0.29, 0.717) is 0 Å². The van der Waals surface area contributed by atoms with Gasteiger partial charge in [-0.25, -0.2) is 9.97 Å². The van der Waals surface area contributed by atoms with Crippen LogP contribution in [0, 0.1) is 13.8 Å². The van der Waals surface area contributed by atoms with Gasteiger partial charge in [-0.2, -0.15) is 0 Å². The van der Waals surface area contributed by atoms with E-state index in [-0.39, 0.29) is 5.54 Å². The van der Waals surface area contributed by atoms with E-state index < -0.39 is 0 Å². The minimum Gasteiger partial charge on any atom is -0.338 e. The number of hydrogen-bond donors (Lipinski definition) is 3. The first-order valence-corrected chi connectivity index (χ1v) is 7.37. The highest BCUT2D eigenvalue weighted by Crippen LogP contribution is 2.37. The molecule has 2 aromatic heterocycles. The molecule has 1 aliphatic rings. The van der Waals surface area contributed by atoms with Gasteiger partial charge in [0.15, 0.2) is 5.82 Å². The van der Waals surface area contributed by atoms with Crippen LogP contribution < -0.4 is 5.73 Å². The highest BCUT2D eigenvalue weighted by atomic mass is 15.0. The van der Waals surface area contributed by atoms with Gasteiger partial charge in [-0.1, -0.05) is 6.07 Å². The Morgan fingerprint density at radius 1 is 1.19 bits per heavy atom. The molecule has 2 heterocycles. The largest absolute Gasteiger partial charge is 0.338 e. The van der Waals surface area contributed by atoms with E-state index >= 15 is 0 Å². The molecule has 4 N–H and O–H groups in total. The highest BCUT2D eigenvalue weighted by Gasteiger charge is 2.37. The number of benzene rings is 1. The van der Waals surface area contributed by atoms with E-state index in [1.54, 1.807) is 0 Å². The van der Waals surface area contributed by atoms with E-state index in [2.05, 4.69) is 40.9 Å². The number of imidazole rings is 2. The lowest BCUT2D eigenvalue weighted by molar-refractivity contribution is 0.240. The van der Waals surface area contributed by atoms with Crippen LogP contribution >= 0.6 is 0 Å². The van der Waals surface area contributed by atoms with Crippen molar-refractivity contribution in [3.63, 3.8) is 0 Å². The second kappa shape index (κ2) is 4.18. The van der Waals surface area contributed by atoms with Crippen LogP contribution in [0.2, 0.25) is 0 Å². The van der Waals surface area contributed by atoms with Gasteiger partial charge in [-0.05, 0) is 50.3 Å². The van der Waals surface area contributed by atoms with E-state index in [4.69, 9.17) is 10.7 Å². The average molecular weight is 281 g/mol. The average Bonchev–Trinajstić information content (AvgIpc) is 3.01. The minimum absolute atomic E-state index is 0.267. The van der Waals surface area contributed by atoms with Gasteiger partial charge >= 0.3 is 0 Å². The maximum atomic E-state index is 6.31. The molecule has 1 fully saturated rings. The minimum atomic E-state index is -0.267. The molecule has 5 nitrogen and oxygen atoms in total. The van der Waals surface area contributed by atoms with Crippen LogP contribution in [0.25, 0.3) is 22.6 Å². The van der Waals surface area contributed by atoms with Crippen molar-refractivity contribution in [1.29, 1.82) is 0 Å². The van der Waals surface area contributed by atoms with Crippen molar-refractivity contribution < 1.29 is 0 Å². The molecular weight excluding hydrogens is 262 g/mol. The normalized spacial score (nSPS) is 17.1. The van der Waals surface area contributed by atoms with Gasteiger partial charge < -0.3 is 15.7 Å². The van der Waals surface area contributed by atoms with Gasteiger partial charge in [0.2, 0.25) is 0 Å². The van der Waals surface area contributed by atoms with E-state index in [0.717, 1.165) is 41.2 Å². The second-order valence-corrected chi connectivity index (χ2v) is 6.22. The van der Waals surface area contributed by atoms with Crippen LogP contribution in [0.1, 0.15) is 36.2 Å². The Morgan fingerprint density at radius 2 is 2.00 bits per heavy atom. The number of hydrogen-bond acceptors (Lipinski definition) is 3. The fourth-order valence-corrected chi connectivity index (χ4v) is 3.09. The monoisotopic (exact) mass is 281 g/mol. The molecule has 4 rings (SSSR count). The summed E-state index contributed by atoms with van der Waals surface area (Å²) in [5, 5.41) is 0. The molecule has 108 valence electrons. The number of aryl methyl sites for hydroxylation is 2. The highest BCUT2D eigenvalue weighted by molar-refractivity contribution is 5.82. The maximum Gasteiger partial charge on any atom is 0.156 e. The molecule has 0 amide bonds. The van der Waals surface area contributed by atoms with Crippen LogP contribution in [0.15, 0.2) is 18.3 Å².